The van der Waals surface area contributed by atoms with Gasteiger partial charge in [0.25, 0.3) is 5.69 Å². The van der Waals surface area contributed by atoms with Gasteiger partial charge >= 0.3 is 5.97 Å². The van der Waals surface area contributed by atoms with Crippen LogP contribution < -0.4 is 0 Å². The lowest BCUT2D eigenvalue weighted by Gasteiger charge is -2.45. The van der Waals surface area contributed by atoms with Crippen LogP contribution >= 0.6 is 0 Å². The third kappa shape index (κ3) is 3.76. The molecule has 0 unspecified atom stereocenters. The number of non-ortho nitro benzene ring substituents is 1. The van der Waals surface area contributed by atoms with E-state index in [1.807, 2.05) is 48.5 Å². The molecule has 9 nitrogen and oxygen atoms in total. The number of nitro groups is 1. The Kier molecular flexibility index (Phi) is 6.09. The first kappa shape index (κ1) is 25.6. The molecule has 3 atom stereocenters. The average molecular weight is 539 g/mol. The van der Waals surface area contributed by atoms with Crippen LogP contribution in [0.4, 0.5) is 5.69 Å². The minimum Gasteiger partial charge on any atom is -0.456 e. The number of ketones is 1. The highest BCUT2D eigenvalue weighted by molar-refractivity contribution is 6.10. The number of amides is 2. The van der Waals surface area contributed by atoms with Crippen LogP contribution in [0.2, 0.25) is 0 Å². The summed E-state index contributed by atoms with van der Waals surface area (Å²) in [5, 5.41) is 11.1. The predicted octanol–water partition coefficient (Wildman–Crippen LogP) is 4.24. The van der Waals surface area contributed by atoms with Crippen LogP contribution in [0.1, 0.15) is 58.3 Å². The number of nitro benzene ring substituents is 1. The van der Waals surface area contributed by atoms with Crippen molar-refractivity contribution in [2.45, 2.75) is 31.7 Å². The van der Waals surface area contributed by atoms with Crippen molar-refractivity contribution in [3.8, 4) is 0 Å². The highest BCUT2D eigenvalue weighted by Gasteiger charge is 2.63. The number of carbonyl (C=O) groups excluding carboxylic acids is 4. The van der Waals surface area contributed by atoms with E-state index in [1.54, 1.807) is 13.8 Å². The van der Waals surface area contributed by atoms with Gasteiger partial charge in [-0.05, 0) is 28.2 Å². The Morgan fingerprint density at radius 1 is 0.850 bits per heavy atom. The third-order valence-corrected chi connectivity index (χ3v) is 8.36. The molecule has 40 heavy (non-hydrogen) atoms. The largest absolute Gasteiger partial charge is 0.456 e. The zero-order chi connectivity index (χ0) is 28.3. The van der Waals surface area contributed by atoms with Crippen LogP contribution in [0.15, 0.2) is 72.8 Å². The molecule has 3 aromatic rings. The molecule has 3 aromatic carbocycles. The number of likely N-dealkylation sites (tertiary alicyclic amines) is 1. The van der Waals surface area contributed by atoms with Crippen molar-refractivity contribution in [2.75, 3.05) is 6.61 Å². The summed E-state index contributed by atoms with van der Waals surface area (Å²) < 4.78 is 5.33. The molecule has 0 aromatic heterocycles. The summed E-state index contributed by atoms with van der Waals surface area (Å²) in [6.45, 7) is 2.76. The number of hydrogen-bond donors (Lipinski definition) is 0. The summed E-state index contributed by atoms with van der Waals surface area (Å²) in [5.41, 5.74) is 3.88. The number of hydrogen-bond acceptors (Lipinski definition) is 7. The topological polar surface area (TPSA) is 124 Å². The summed E-state index contributed by atoms with van der Waals surface area (Å²) in [5.74, 6) is -4.66. The maximum atomic E-state index is 14.0. The fourth-order valence-corrected chi connectivity index (χ4v) is 6.75. The van der Waals surface area contributed by atoms with E-state index in [0.29, 0.717) is 0 Å². The van der Waals surface area contributed by atoms with Crippen molar-refractivity contribution < 1.29 is 28.8 Å². The van der Waals surface area contributed by atoms with E-state index < -0.39 is 58.9 Å². The van der Waals surface area contributed by atoms with Crippen LogP contribution in [0.3, 0.4) is 0 Å². The molecule has 2 bridgehead atoms. The summed E-state index contributed by atoms with van der Waals surface area (Å²) >= 11 is 0. The summed E-state index contributed by atoms with van der Waals surface area (Å²) in [6, 6.07) is 19.7. The van der Waals surface area contributed by atoms with Crippen molar-refractivity contribution in [3.63, 3.8) is 0 Å². The molecule has 1 saturated heterocycles. The first-order valence-corrected chi connectivity index (χ1v) is 13.2. The molecule has 4 aliphatic rings. The number of imide groups is 1. The first-order valence-electron chi connectivity index (χ1n) is 13.2. The molecule has 0 radical (unpaired) electrons. The van der Waals surface area contributed by atoms with Gasteiger partial charge in [-0.3, -0.25) is 29.4 Å². The lowest BCUT2D eigenvalue weighted by atomic mass is 9.55. The van der Waals surface area contributed by atoms with Gasteiger partial charge in [-0.2, -0.15) is 0 Å². The van der Waals surface area contributed by atoms with Crippen LogP contribution in [0.25, 0.3) is 0 Å². The molecule has 9 heteroatoms. The van der Waals surface area contributed by atoms with Crippen molar-refractivity contribution in [2.24, 2.45) is 17.8 Å². The fraction of sp³-hybridized carbons (Fsp3) is 0.290. The van der Waals surface area contributed by atoms with Crippen LogP contribution in [-0.4, -0.2) is 46.0 Å². The van der Waals surface area contributed by atoms with Gasteiger partial charge < -0.3 is 4.74 Å². The Bertz CT molecular complexity index is 1480. The van der Waals surface area contributed by atoms with Gasteiger partial charge in [-0.25, -0.2) is 4.79 Å². The molecular formula is C31H26N2O7. The van der Waals surface area contributed by atoms with Crippen molar-refractivity contribution in [3.05, 3.63) is 111 Å². The molecule has 7 rings (SSSR count). The van der Waals surface area contributed by atoms with Gasteiger partial charge in [0.2, 0.25) is 17.6 Å². The molecule has 0 saturated carbocycles. The van der Waals surface area contributed by atoms with Crippen molar-refractivity contribution >= 4 is 29.3 Å². The van der Waals surface area contributed by atoms with E-state index in [2.05, 4.69) is 0 Å². The molecule has 1 fully saturated rings. The standard InChI is InChI=1S/C31H26N2O7/c1-16(2)28(31(37)40-15-23(34)17-8-7-9-18(14-17)33(38)39)32-29(35)26-24-19-10-3-4-11-20(19)25(27(26)30(32)36)22-13-6-5-12-21(22)24/h3-14,16,24-28H,15H2,1-2H3/t24?,25?,26-,27-,28-/m0/s1. The molecule has 2 amide bonds. The second kappa shape index (κ2) is 9.51. The molecule has 1 aliphatic heterocycles. The summed E-state index contributed by atoms with van der Waals surface area (Å²) in [6.07, 6.45) is 0. The highest BCUT2D eigenvalue weighted by atomic mass is 16.6. The van der Waals surface area contributed by atoms with E-state index in [0.717, 1.165) is 33.2 Å². The van der Waals surface area contributed by atoms with Crippen LogP contribution in [0.5, 0.6) is 0 Å². The molecule has 202 valence electrons. The Morgan fingerprint density at radius 3 is 1.80 bits per heavy atom. The predicted molar refractivity (Wildman–Crippen MR) is 142 cm³/mol. The minimum atomic E-state index is -1.21. The molecular weight excluding hydrogens is 512 g/mol. The third-order valence-electron chi connectivity index (χ3n) is 8.36. The van der Waals surface area contributed by atoms with Crippen molar-refractivity contribution in [1.82, 2.24) is 4.90 Å². The maximum absolute atomic E-state index is 14.0. The number of ether oxygens (including phenoxy) is 1. The zero-order valence-electron chi connectivity index (χ0n) is 21.9. The van der Waals surface area contributed by atoms with E-state index in [-0.39, 0.29) is 23.1 Å². The number of carbonyl (C=O) groups is 4. The molecule has 3 aliphatic carbocycles. The van der Waals surface area contributed by atoms with Gasteiger partial charge in [-0.15, -0.1) is 0 Å². The summed E-state index contributed by atoms with van der Waals surface area (Å²) in [7, 11) is 0. The Hall–Kier alpha value is -4.66. The highest BCUT2D eigenvalue weighted by Crippen LogP contribution is 2.61. The molecule has 0 spiro atoms. The lowest BCUT2D eigenvalue weighted by molar-refractivity contribution is -0.384. The van der Waals surface area contributed by atoms with Gasteiger partial charge in [0.15, 0.2) is 6.61 Å². The quantitative estimate of drug-likeness (QED) is 0.145. The van der Waals surface area contributed by atoms with Gasteiger partial charge in [0, 0.05) is 29.5 Å². The second-order valence-corrected chi connectivity index (χ2v) is 10.8. The van der Waals surface area contributed by atoms with Gasteiger partial charge in [0.1, 0.15) is 6.04 Å². The Balaban J connectivity index is 1.29. The molecule has 1 heterocycles. The normalized spacial score (nSPS) is 22.9. The second-order valence-electron chi connectivity index (χ2n) is 10.8. The van der Waals surface area contributed by atoms with Gasteiger partial charge in [0.05, 0.1) is 16.8 Å². The Labute approximate surface area is 229 Å². The zero-order valence-corrected chi connectivity index (χ0v) is 21.9. The number of rotatable bonds is 7. The maximum Gasteiger partial charge on any atom is 0.330 e. The van der Waals surface area contributed by atoms with Crippen molar-refractivity contribution in [1.29, 1.82) is 0 Å². The molecule has 0 N–H and O–H groups in total. The minimum absolute atomic E-state index is 0.0227. The number of benzene rings is 3. The van der Waals surface area contributed by atoms with E-state index in [1.165, 1.54) is 18.2 Å². The van der Waals surface area contributed by atoms with E-state index in [4.69, 9.17) is 4.74 Å². The van der Waals surface area contributed by atoms with Gasteiger partial charge in [-0.1, -0.05) is 74.5 Å². The number of esters is 1. The van der Waals surface area contributed by atoms with Crippen LogP contribution in [0, 0.1) is 27.9 Å². The first-order chi connectivity index (χ1) is 19.2. The number of nitrogens with zero attached hydrogens (tertiary/aromatic N) is 2. The number of Topliss-reactive ketones (excluding diaryl/α,β-unsaturated/α-hetero) is 1. The Morgan fingerprint density at radius 2 is 1.35 bits per heavy atom. The lowest BCUT2D eigenvalue weighted by Crippen LogP contribution is -2.49. The average Bonchev–Trinajstić information content (AvgIpc) is 3.21. The monoisotopic (exact) mass is 538 g/mol. The fourth-order valence-electron chi connectivity index (χ4n) is 6.75. The SMILES string of the molecule is CC(C)[C@@H](C(=O)OCC(=O)c1cccc([N+](=O)[O-])c1)N1C(=O)[C@H]2C3c4ccccc4C(c4ccccc43)[C@@H]2C1=O. The van der Waals surface area contributed by atoms with E-state index >= 15 is 0 Å². The summed E-state index contributed by atoms with van der Waals surface area (Å²) in [4.78, 5) is 65.6. The smallest absolute Gasteiger partial charge is 0.330 e. The van der Waals surface area contributed by atoms with E-state index in [9.17, 15) is 29.3 Å². The van der Waals surface area contributed by atoms with Crippen LogP contribution in [-0.2, 0) is 19.1 Å².